The fraction of sp³-hybridized carbons (Fsp3) is 0.438. The highest BCUT2D eigenvalue weighted by atomic mass is 19.1. The van der Waals surface area contributed by atoms with Gasteiger partial charge in [0.05, 0.1) is 6.54 Å². The van der Waals surface area contributed by atoms with Crippen molar-refractivity contribution in [3.63, 3.8) is 0 Å². The second kappa shape index (κ2) is 6.25. The zero-order chi connectivity index (χ0) is 16.3. The molecule has 1 aromatic rings. The Kier molecular flexibility index (Phi) is 4.59. The smallest absolute Gasteiger partial charge is 0.343 e. The molecule has 0 bridgehead atoms. The van der Waals surface area contributed by atoms with Crippen LogP contribution in [0, 0.1) is 6.92 Å². The lowest BCUT2D eigenvalue weighted by atomic mass is 10.0. The first kappa shape index (κ1) is 16.1. The molecular weight excluding hydrogens is 289 g/mol. The summed E-state index contributed by atoms with van der Waals surface area (Å²) in [6.07, 6.45) is -0.215. The predicted molar refractivity (Wildman–Crippen MR) is 77.4 cm³/mol. The van der Waals surface area contributed by atoms with Crippen molar-refractivity contribution in [2.75, 3.05) is 13.1 Å². The third-order valence-corrected chi connectivity index (χ3v) is 3.89. The van der Waals surface area contributed by atoms with Crippen LogP contribution in [0.15, 0.2) is 24.3 Å². The number of carbonyl (C=O) groups is 3. The van der Waals surface area contributed by atoms with E-state index in [1.165, 1.54) is 4.90 Å². The van der Waals surface area contributed by atoms with Gasteiger partial charge in [0.2, 0.25) is 11.6 Å². The van der Waals surface area contributed by atoms with Gasteiger partial charge in [-0.05, 0) is 6.92 Å². The van der Waals surface area contributed by atoms with Gasteiger partial charge < -0.3 is 10.0 Å². The van der Waals surface area contributed by atoms with Crippen LogP contribution in [0.3, 0.4) is 0 Å². The number of carboxylic acid groups (broad SMARTS) is 1. The SMILES string of the molecule is Cc1ccc(C(=O)CCC(=O)N2CCC(F)(C(=O)O)C2)cc1. The topological polar surface area (TPSA) is 74.7 Å². The Balaban J connectivity index is 1.87. The van der Waals surface area contributed by atoms with E-state index < -0.39 is 18.2 Å². The Hall–Kier alpha value is -2.24. The lowest BCUT2D eigenvalue weighted by Crippen LogP contribution is -2.38. The highest BCUT2D eigenvalue weighted by molar-refractivity contribution is 5.98. The number of hydrogen-bond acceptors (Lipinski definition) is 3. The lowest BCUT2D eigenvalue weighted by Gasteiger charge is -2.17. The zero-order valence-electron chi connectivity index (χ0n) is 12.3. The van der Waals surface area contributed by atoms with E-state index >= 15 is 0 Å². The number of Topliss-reactive ketones (excluding diaryl/α,β-unsaturated/α-hetero) is 1. The van der Waals surface area contributed by atoms with Gasteiger partial charge in [-0.25, -0.2) is 9.18 Å². The molecule has 6 heteroatoms. The number of ketones is 1. The molecule has 1 aliphatic heterocycles. The molecule has 1 saturated heterocycles. The lowest BCUT2D eigenvalue weighted by molar-refractivity contribution is -0.150. The van der Waals surface area contributed by atoms with Gasteiger partial charge in [0, 0.05) is 31.4 Å². The van der Waals surface area contributed by atoms with E-state index in [1.54, 1.807) is 12.1 Å². The Labute approximate surface area is 127 Å². The third kappa shape index (κ3) is 3.50. The zero-order valence-corrected chi connectivity index (χ0v) is 12.3. The van der Waals surface area contributed by atoms with E-state index in [1.807, 2.05) is 19.1 Å². The van der Waals surface area contributed by atoms with Crippen LogP contribution in [0.5, 0.6) is 0 Å². The normalized spacial score (nSPS) is 20.9. The van der Waals surface area contributed by atoms with Crippen molar-refractivity contribution in [1.29, 1.82) is 0 Å². The number of likely N-dealkylation sites (tertiary alicyclic amines) is 1. The standard InChI is InChI=1S/C16H18FNO4/c1-11-2-4-12(5-3-11)13(19)6-7-14(20)18-9-8-16(17,10-18)15(21)22/h2-5H,6-10H2,1H3,(H,21,22). The van der Waals surface area contributed by atoms with Gasteiger partial charge in [-0.2, -0.15) is 0 Å². The van der Waals surface area contributed by atoms with Crippen LogP contribution in [0.1, 0.15) is 35.2 Å². The minimum absolute atomic E-state index is 0.0325. The highest BCUT2D eigenvalue weighted by Crippen LogP contribution is 2.26. The molecule has 0 radical (unpaired) electrons. The first-order valence-electron chi connectivity index (χ1n) is 7.12. The van der Waals surface area contributed by atoms with Gasteiger partial charge in [0.1, 0.15) is 0 Å². The van der Waals surface area contributed by atoms with Crippen molar-refractivity contribution in [2.24, 2.45) is 0 Å². The van der Waals surface area contributed by atoms with Gasteiger partial charge in [0.25, 0.3) is 0 Å². The summed E-state index contributed by atoms with van der Waals surface area (Å²) in [5.41, 5.74) is -0.792. The molecule has 0 aliphatic carbocycles. The minimum Gasteiger partial charge on any atom is -0.479 e. The summed E-state index contributed by atoms with van der Waals surface area (Å²) in [5, 5.41) is 8.79. The molecular formula is C16H18FNO4. The van der Waals surface area contributed by atoms with Gasteiger partial charge in [-0.3, -0.25) is 9.59 Å². The number of alkyl halides is 1. The predicted octanol–water partition coefficient (Wildman–Crippen LogP) is 1.98. The average molecular weight is 307 g/mol. The Bertz CT molecular complexity index is 599. The largest absolute Gasteiger partial charge is 0.479 e. The summed E-state index contributed by atoms with van der Waals surface area (Å²) in [4.78, 5) is 35.9. The first-order chi connectivity index (χ1) is 10.3. The number of amides is 1. The number of aliphatic carboxylic acids is 1. The van der Waals surface area contributed by atoms with E-state index in [2.05, 4.69) is 0 Å². The van der Waals surface area contributed by atoms with E-state index in [0.29, 0.717) is 5.56 Å². The molecule has 1 aromatic carbocycles. The number of aryl methyl sites for hydroxylation is 1. The summed E-state index contributed by atoms with van der Waals surface area (Å²) >= 11 is 0. The maximum absolute atomic E-state index is 13.9. The molecule has 22 heavy (non-hydrogen) atoms. The molecule has 1 amide bonds. The summed E-state index contributed by atoms with van der Waals surface area (Å²) in [6, 6.07) is 7.05. The van der Waals surface area contributed by atoms with Gasteiger partial charge in [0.15, 0.2) is 5.78 Å². The molecule has 1 aliphatic rings. The molecule has 1 N–H and O–H groups in total. The fourth-order valence-electron chi connectivity index (χ4n) is 2.42. The van der Waals surface area contributed by atoms with Crippen LogP contribution in [0.2, 0.25) is 0 Å². The second-order valence-corrected chi connectivity index (χ2v) is 5.62. The molecule has 0 saturated carbocycles. The fourth-order valence-corrected chi connectivity index (χ4v) is 2.42. The van der Waals surface area contributed by atoms with Gasteiger partial charge in [-0.15, -0.1) is 0 Å². The molecule has 1 heterocycles. The van der Waals surface area contributed by atoms with Crippen LogP contribution < -0.4 is 0 Å². The molecule has 0 spiro atoms. The Morgan fingerprint density at radius 1 is 1.23 bits per heavy atom. The number of nitrogens with zero attached hydrogens (tertiary/aromatic N) is 1. The van der Waals surface area contributed by atoms with Crippen LogP contribution in [-0.4, -0.2) is 46.4 Å². The molecule has 0 aromatic heterocycles. The summed E-state index contributed by atoms with van der Waals surface area (Å²) in [6.45, 7) is 1.54. The molecule has 2 rings (SSSR count). The second-order valence-electron chi connectivity index (χ2n) is 5.62. The number of carbonyl (C=O) groups excluding carboxylic acids is 2. The van der Waals surface area contributed by atoms with Crippen LogP contribution in [-0.2, 0) is 9.59 Å². The van der Waals surface area contributed by atoms with E-state index in [4.69, 9.17) is 5.11 Å². The van der Waals surface area contributed by atoms with Crippen molar-refractivity contribution < 1.29 is 23.9 Å². The van der Waals surface area contributed by atoms with Crippen molar-refractivity contribution in [2.45, 2.75) is 31.9 Å². The van der Waals surface area contributed by atoms with Crippen molar-refractivity contribution in [3.8, 4) is 0 Å². The third-order valence-electron chi connectivity index (χ3n) is 3.89. The number of hydrogen-bond donors (Lipinski definition) is 1. The number of benzene rings is 1. The number of halogens is 1. The average Bonchev–Trinajstić information content (AvgIpc) is 2.89. The number of carboxylic acids is 1. The minimum atomic E-state index is -2.36. The van der Waals surface area contributed by atoms with Crippen LogP contribution >= 0.6 is 0 Å². The molecule has 1 unspecified atom stereocenters. The molecule has 5 nitrogen and oxygen atoms in total. The first-order valence-corrected chi connectivity index (χ1v) is 7.12. The summed E-state index contributed by atoms with van der Waals surface area (Å²) in [5.74, 6) is -2.09. The maximum atomic E-state index is 13.9. The monoisotopic (exact) mass is 307 g/mol. The van der Waals surface area contributed by atoms with E-state index in [0.717, 1.165) is 5.56 Å². The quantitative estimate of drug-likeness (QED) is 0.844. The Morgan fingerprint density at radius 3 is 2.41 bits per heavy atom. The van der Waals surface area contributed by atoms with Crippen molar-refractivity contribution >= 4 is 17.7 Å². The van der Waals surface area contributed by atoms with Gasteiger partial charge >= 0.3 is 5.97 Å². The summed E-state index contributed by atoms with van der Waals surface area (Å²) in [7, 11) is 0. The molecule has 1 fully saturated rings. The van der Waals surface area contributed by atoms with Crippen molar-refractivity contribution in [1.82, 2.24) is 4.90 Å². The summed E-state index contributed by atoms with van der Waals surface area (Å²) < 4.78 is 13.9. The maximum Gasteiger partial charge on any atom is 0.343 e. The highest BCUT2D eigenvalue weighted by Gasteiger charge is 2.46. The number of rotatable bonds is 5. The molecule has 118 valence electrons. The van der Waals surface area contributed by atoms with Crippen LogP contribution in [0.4, 0.5) is 4.39 Å². The van der Waals surface area contributed by atoms with Crippen molar-refractivity contribution in [3.05, 3.63) is 35.4 Å². The van der Waals surface area contributed by atoms with Gasteiger partial charge in [-0.1, -0.05) is 29.8 Å². The molecule has 1 atom stereocenters. The van der Waals surface area contributed by atoms with E-state index in [-0.39, 0.29) is 37.5 Å². The van der Waals surface area contributed by atoms with Crippen LogP contribution in [0.25, 0.3) is 0 Å². The van der Waals surface area contributed by atoms with E-state index in [9.17, 15) is 18.8 Å². The Morgan fingerprint density at radius 2 is 1.86 bits per heavy atom.